The van der Waals surface area contributed by atoms with Gasteiger partial charge in [0.05, 0.1) is 6.10 Å². The van der Waals surface area contributed by atoms with Crippen LogP contribution in [0, 0.1) is 11.8 Å². The van der Waals surface area contributed by atoms with Crippen LogP contribution in [0.15, 0.2) is 4.99 Å². The normalized spacial score (nSPS) is 30.5. The molecule has 0 spiro atoms. The third-order valence-corrected chi connectivity index (χ3v) is 2.98. The Kier molecular flexibility index (Phi) is 4.69. The monoisotopic (exact) mass is 241 g/mol. The molecular formula is C13H23NO3. The standard InChI is InChI=1S/C13H23NO3/c1-9-5-6-10(7-11(9)15)8-14-12(16)17-13(2,3)4/h8-11,15H,5-7H2,1-4H3/b14-8+/t9-,10-,11-/m0/s1. The number of nitrogens with zero attached hydrogens (tertiary/aromatic N) is 1. The molecule has 17 heavy (non-hydrogen) atoms. The number of aliphatic imine (C=N–C) groups is 1. The Morgan fingerprint density at radius 1 is 1.41 bits per heavy atom. The van der Waals surface area contributed by atoms with Crippen molar-refractivity contribution in [3.63, 3.8) is 0 Å². The highest BCUT2D eigenvalue weighted by atomic mass is 16.6. The molecule has 0 unspecified atom stereocenters. The highest BCUT2D eigenvalue weighted by Gasteiger charge is 2.25. The molecule has 1 saturated carbocycles. The van der Waals surface area contributed by atoms with E-state index in [1.165, 1.54) is 0 Å². The van der Waals surface area contributed by atoms with Gasteiger partial charge in [0.25, 0.3) is 0 Å². The molecule has 0 radical (unpaired) electrons. The summed E-state index contributed by atoms with van der Waals surface area (Å²) >= 11 is 0. The molecule has 1 N–H and O–H groups in total. The summed E-state index contributed by atoms with van der Waals surface area (Å²) in [7, 11) is 0. The largest absolute Gasteiger partial charge is 0.442 e. The number of aliphatic hydroxyl groups excluding tert-OH is 1. The van der Waals surface area contributed by atoms with Gasteiger partial charge in [0, 0.05) is 6.21 Å². The molecule has 3 atom stereocenters. The molecule has 1 rings (SSSR count). The molecule has 0 aliphatic heterocycles. The van der Waals surface area contributed by atoms with Gasteiger partial charge in [0.15, 0.2) is 0 Å². The lowest BCUT2D eigenvalue weighted by molar-refractivity contribution is 0.0592. The van der Waals surface area contributed by atoms with Crippen molar-refractivity contribution in [2.24, 2.45) is 16.8 Å². The number of carbonyl (C=O) groups excluding carboxylic acids is 1. The smallest absolute Gasteiger partial charge is 0.433 e. The second-order valence-corrected chi connectivity index (χ2v) is 5.88. The Labute approximate surface area is 103 Å². The number of amides is 1. The summed E-state index contributed by atoms with van der Waals surface area (Å²) in [6.07, 6.45) is 3.44. The van der Waals surface area contributed by atoms with E-state index in [2.05, 4.69) is 4.99 Å². The topological polar surface area (TPSA) is 58.9 Å². The number of rotatable bonds is 1. The van der Waals surface area contributed by atoms with Gasteiger partial charge in [-0.1, -0.05) is 6.92 Å². The zero-order chi connectivity index (χ0) is 13.1. The van der Waals surface area contributed by atoms with Gasteiger partial charge < -0.3 is 9.84 Å². The van der Waals surface area contributed by atoms with E-state index >= 15 is 0 Å². The lowest BCUT2D eigenvalue weighted by Gasteiger charge is -2.28. The summed E-state index contributed by atoms with van der Waals surface area (Å²) in [4.78, 5) is 15.2. The fourth-order valence-corrected chi connectivity index (χ4v) is 1.92. The van der Waals surface area contributed by atoms with Crippen LogP contribution >= 0.6 is 0 Å². The van der Waals surface area contributed by atoms with E-state index in [-0.39, 0.29) is 12.0 Å². The zero-order valence-corrected chi connectivity index (χ0v) is 11.1. The molecule has 1 aliphatic rings. The molecule has 4 nitrogen and oxygen atoms in total. The summed E-state index contributed by atoms with van der Waals surface area (Å²) in [6.45, 7) is 7.48. The predicted octanol–water partition coefficient (Wildman–Crippen LogP) is 2.79. The van der Waals surface area contributed by atoms with Gasteiger partial charge in [0.2, 0.25) is 0 Å². The van der Waals surface area contributed by atoms with Gasteiger partial charge in [-0.2, -0.15) is 4.99 Å². The summed E-state index contributed by atoms with van der Waals surface area (Å²) in [5, 5.41) is 9.72. The molecule has 1 fully saturated rings. The van der Waals surface area contributed by atoms with Crippen molar-refractivity contribution < 1.29 is 14.6 Å². The molecule has 98 valence electrons. The van der Waals surface area contributed by atoms with E-state index in [9.17, 15) is 9.90 Å². The highest BCUT2D eigenvalue weighted by molar-refractivity contribution is 5.80. The van der Waals surface area contributed by atoms with E-state index in [1.54, 1.807) is 6.21 Å². The Morgan fingerprint density at radius 2 is 2.06 bits per heavy atom. The van der Waals surface area contributed by atoms with Crippen LogP contribution in [0.3, 0.4) is 0 Å². The zero-order valence-electron chi connectivity index (χ0n) is 11.1. The summed E-state index contributed by atoms with van der Waals surface area (Å²) < 4.78 is 5.08. The van der Waals surface area contributed by atoms with Crippen molar-refractivity contribution >= 4 is 12.3 Å². The quantitative estimate of drug-likeness (QED) is 0.718. The Hall–Kier alpha value is -0.900. The van der Waals surface area contributed by atoms with E-state index in [1.807, 2.05) is 27.7 Å². The maximum atomic E-state index is 11.4. The minimum absolute atomic E-state index is 0.189. The fourth-order valence-electron chi connectivity index (χ4n) is 1.92. The summed E-state index contributed by atoms with van der Waals surface area (Å²) in [5.41, 5.74) is -0.505. The molecule has 1 aliphatic carbocycles. The van der Waals surface area contributed by atoms with Crippen LogP contribution in [0.1, 0.15) is 47.0 Å². The van der Waals surface area contributed by atoms with Gasteiger partial charge in [-0.05, 0) is 51.9 Å². The number of carbonyl (C=O) groups is 1. The molecule has 0 aromatic rings. The van der Waals surface area contributed by atoms with Crippen molar-refractivity contribution in [2.75, 3.05) is 0 Å². The molecular weight excluding hydrogens is 218 g/mol. The number of hydrogen-bond acceptors (Lipinski definition) is 3. The Morgan fingerprint density at radius 3 is 2.59 bits per heavy atom. The minimum atomic E-state index is -0.550. The van der Waals surface area contributed by atoms with Crippen molar-refractivity contribution in [3.8, 4) is 0 Å². The van der Waals surface area contributed by atoms with Gasteiger partial charge >= 0.3 is 6.09 Å². The number of hydrogen-bond donors (Lipinski definition) is 1. The molecule has 4 heteroatoms. The third kappa shape index (κ3) is 5.31. The van der Waals surface area contributed by atoms with Crippen molar-refractivity contribution in [2.45, 2.75) is 58.7 Å². The van der Waals surface area contributed by atoms with Crippen molar-refractivity contribution in [3.05, 3.63) is 0 Å². The fraction of sp³-hybridized carbons (Fsp3) is 0.846. The third-order valence-electron chi connectivity index (χ3n) is 2.98. The number of aliphatic hydroxyl groups is 1. The predicted molar refractivity (Wildman–Crippen MR) is 67.2 cm³/mol. The molecule has 0 saturated heterocycles. The van der Waals surface area contributed by atoms with E-state index < -0.39 is 11.7 Å². The van der Waals surface area contributed by atoms with Gasteiger partial charge in [0.1, 0.15) is 5.60 Å². The van der Waals surface area contributed by atoms with Crippen LogP contribution in [-0.4, -0.2) is 29.1 Å². The first-order chi connectivity index (χ1) is 7.78. The van der Waals surface area contributed by atoms with Crippen LogP contribution in [0.25, 0.3) is 0 Å². The van der Waals surface area contributed by atoms with Crippen molar-refractivity contribution in [1.82, 2.24) is 0 Å². The second-order valence-electron chi connectivity index (χ2n) is 5.88. The lowest BCUT2D eigenvalue weighted by Crippen LogP contribution is -2.28. The average molecular weight is 241 g/mol. The molecule has 0 heterocycles. The maximum absolute atomic E-state index is 11.4. The van der Waals surface area contributed by atoms with Gasteiger partial charge in [-0.25, -0.2) is 4.79 Å². The first-order valence-corrected chi connectivity index (χ1v) is 6.23. The number of ether oxygens (including phenoxy) is 1. The average Bonchev–Trinajstić information content (AvgIpc) is 2.17. The molecule has 1 amide bonds. The lowest BCUT2D eigenvalue weighted by atomic mass is 9.81. The van der Waals surface area contributed by atoms with Crippen LogP contribution in [0.4, 0.5) is 4.79 Å². The second kappa shape index (κ2) is 5.63. The Bertz CT molecular complexity index is 294. The van der Waals surface area contributed by atoms with Crippen LogP contribution in [-0.2, 0) is 4.74 Å². The highest BCUT2D eigenvalue weighted by Crippen LogP contribution is 2.27. The molecule has 0 aromatic carbocycles. The van der Waals surface area contributed by atoms with Gasteiger partial charge in [-0.3, -0.25) is 0 Å². The Balaban J connectivity index is 2.41. The summed E-state index contributed by atoms with van der Waals surface area (Å²) in [5.74, 6) is 0.537. The van der Waals surface area contributed by atoms with Crippen LogP contribution in [0.2, 0.25) is 0 Å². The van der Waals surface area contributed by atoms with Crippen molar-refractivity contribution in [1.29, 1.82) is 0 Å². The van der Waals surface area contributed by atoms with E-state index in [0.29, 0.717) is 12.3 Å². The maximum Gasteiger partial charge on any atom is 0.433 e. The summed E-state index contributed by atoms with van der Waals surface area (Å²) in [6, 6.07) is 0. The SMILES string of the molecule is C[C@H]1CC[C@H](/C=N/C(=O)OC(C)(C)C)C[C@@H]1O. The minimum Gasteiger partial charge on any atom is -0.442 e. The van der Waals surface area contributed by atoms with E-state index in [0.717, 1.165) is 12.8 Å². The van der Waals surface area contributed by atoms with Gasteiger partial charge in [-0.15, -0.1) is 0 Å². The van der Waals surface area contributed by atoms with E-state index in [4.69, 9.17) is 4.74 Å². The first-order valence-electron chi connectivity index (χ1n) is 6.23. The molecule has 0 aromatic heterocycles. The molecule has 0 bridgehead atoms. The van der Waals surface area contributed by atoms with Crippen LogP contribution in [0.5, 0.6) is 0 Å². The first kappa shape index (κ1) is 14.2. The van der Waals surface area contributed by atoms with Crippen LogP contribution < -0.4 is 0 Å².